The number of imidazole rings is 1. The van der Waals surface area contributed by atoms with Gasteiger partial charge in [-0.3, -0.25) is 13.9 Å². The fourth-order valence-corrected chi connectivity index (χ4v) is 5.01. The highest BCUT2D eigenvalue weighted by Crippen LogP contribution is 2.29. The quantitative estimate of drug-likeness (QED) is 0.449. The van der Waals surface area contributed by atoms with E-state index in [1.807, 2.05) is 14.0 Å². The summed E-state index contributed by atoms with van der Waals surface area (Å²) in [5.41, 5.74) is 5.97. The van der Waals surface area contributed by atoms with Gasteiger partial charge in [-0.05, 0) is 61.2 Å². The summed E-state index contributed by atoms with van der Waals surface area (Å²) >= 11 is 0. The number of nitriles is 1. The van der Waals surface area contributed by atoms with Gasteiger partial charge in [0.25, 0.3) is 0 Å². The third-order valence-electron chi connectivity index (χ3n) is 6.33. The summed E-state index contributed by atoms with van der Waals surface area (Å²) in [5, 5.41) is 20.0. The molecule has 0 aliphatic heterocycles. The van der Waals surface area contributed by atoms with Gasteiger partial charge in [0.05, 0.1) is 35.6 Å². The number of aryl methyl sites for hydroxylation is 3. The van der Waals surface area contributed by atoms with Crippen molar-refractivity contribution < 1.29 is 9.90 Å². The van der Waals surface area contributed by atoms with E-state index in [9.17, 15) is 20.0 Å². The smallest absolute Gasteiger partial charge is 0.329 e. The Labute approximate surface area is 192 Å². The van der Waals surface area contributed by atoms with Crippen molar-refractivity contribution in [2.75, 3.05) is 0 Å². The van der Waals surface area contributed by atoms with Gasteiger partial charge in [0.15, 0.2) is 0 Å². The van der Waals surface area contributed by atoms with Crippen LogP contribution in [-0.2, 0) is 18.4 Å². The van der Waals surface area contributed by atoms with Crippen LogP contribution in [0.2, 0.25) is 0 Å². The maximum atomic E-state index is 13.7. The molecule has 0 aliphatic rings. The van der Waals surface area contributed by atoms with Crippen LogP contribution in [0.5, 0.6) is 0 Å². The molecule has 0 radical (unpaired) electrons. The molecule has 0 saturated heterocycles. The topological polar surface area (TPSA) is 92.9 Å². The third-order valence-corrected chi connectivity index (χ3v) is 6.33. The van der Waals surface area contributed by atoms with Crippen LogP contribution < -0.4 is 5.69 Å². The van der Waals surface area contributed by atoms with Crippen molar-refractivity contribution in [2.24, 2.45) is 7.05 Å². The van der Waals surface area contributed by atoms with Gasteiger partial charge in [-0.15, -0.1) is 0 Å². The normalized spacial score (nSPS) is 12.3. The van der Waals surface area contributed by atoms with Crippen molar-refractivity contribution in [1.82, 2.24) is 13.7 Å². The van der Waals surface area contributed by atoms with Crippen LogP contribution in [0.4, 0.5) is 0 Å². The molecular weight excluding hydrogens is 416 g/mol. The minimum absolute atomic E-state index is 0.143. The first-order valence-electron chi connectivity index (χ1n) is 11.2. The molecule has 2 heterocycles. The van der Waals surface area contributed by atoms with E-state index in [-0.39, 0.29) is 12.1 Å². The predicted octanol–water partition coefficient (Wildman–Crippen LogP) is 4.65. The molecule has 0 aliphatic carbocycles. The molecule has 4 aromatic rings. The lowest BCUT2D eigenvalue weighted by molar-refractivity contribution is -0.137. The SMILES string of the molecule is CCCC(CC(=O)O)n1c(=O)n(Cc2cn(C)c3cc(C)cc(C)c23)c2ccc(C#N)cc21. The summed E-state index contributed by atoms with van der Waals surface area (Å²) in [5.74, 6) is -0.947. The number of hydrogen-bond donors (Lipinski definition) is 1. The maximum absolute atomic E-state index is 13.7. The minimum Gasteiger partial charge on any atom is -0.481 e. The Kier molecular flexibility index (Phi) is 5.86. The first-order chi connectivity index (χ1) is 15.7. The van der Waals surface area contributed by atoms with Crippen molar-refractivity contribution in [3.63, 3.8) is 0 Å². The number of carboxylic acid groups (broad SMARTS) is 1. The molecule has 33 heavy (non-hydrogen) atoms. The van der Waals surface area contributed by atoms with Gasteiger partial charge < -0.3 is 9.67 Å². The third kappa shape index (κ3) is 3.93. The van der Waals surface area contributed by atoms with Crippen LogP contribution in [-0.4, -0.2) is 24.8 Å². The number of aromatic nitrogens is 3. The lowest BCUT2D eigenvalue weighted by Crippen LogP contribution is -2.29. The molecule has 0 bridgehead atoms. The van der Waals surface area contributed by atoms with E-state index in [2.05, 4.69) is 42.8 Å². The summed E-state index contributed by atoms with van der Waals surface area (Å²) in [6.45, 7) is 6.48. The molecule has 0 fully saturated rings. The van der Waals surface area contributed by atoms with Gasteiger partial charge in [0.2, 0.25) is 0 Å². The Morgan fingerprint density at radius 3 is 2.58 bits per heavy atom. The second-order valence-electron chi connectivity index (χ2n) is 8.84. The van der Waals surface area contributed by atoms with Crippen LogP contribution in [0.15, 0.2) is 41.3 Å². The van der Waals surface area contributed by atoms with Crippen LogP contribution >= 0.6 is 0 Å². The number of benzene rings is 2. The molecule has 0 spiro atoms. The second kappa shape index (κ2) is 8.62. The fourth-order valence-electron chi connectivity index (χ4n) is 5.01. The summed E-state index contributed by atoms with van der Waals surface area (Å²) < 4.78 is 5.36. The summed E-state index contributed by atoms with van der Waals surface area (Å²) in [7, 11) is 2.00. The fraction of sp³-hybridized carbons (Fsp3) is 0.346. The highest BCUT2D eigenvalue weighted by molar-refractivity contribution is 5.88. The highest BCUT2D eigenvalue weighted by Gasteiger charge is 2.23. The monoisotopic (exact) mass is 444 g/mol. The van der Waals surface area contributed by atoms with E-state index in [0.29, 0.717) is 29.6 Å². The molecule has 1 N–H and O–H groups in total. The number of hydrogen-bond acceptors (Lipinski definition) is 3. The molecule has 1 atom stereocenters. The molecule has 1 unspecified atom stereocenters. The Morgan fingerprint density at radius 1 is 1.15 bits per heavy atom. The molecule has 0 amide bonds. The summed E-state index contributed by atoms with van der Waals surface area (Å²) in [6.07, 6.45) is 3.22. The van der Waals surface area contributed by atoms with Crippen LogP contribution in [0.25, 0.3) is 21.9 Å². The second-order valence-corrected chi connectivity index (χ2v) is 8.84. The Balaban J connectivity index is 1.95. The zero-order chi connectivity index (χ0) is 23.9. The first-order valence-corrected chi connectivity index (χ1v) is 11.2. The van der Waals surface area contributed by atoms with E-state index < -0.39 is 12.0 Å². The number of fused-ring (bicyclic) bond motifs is 2. The number of rotatable bonds is 7. The number of carboxylic acids is 1. The molecular formula is C26H28N4O3. The molecule has 2 aromatic carbocycles. The van der Waals surface area contributed by atoms with Gasteiger partial charge in [0, 0.05) is 30.2 Å². The summed E-state index contributed by atoms with van der Waals surface area (Å²) in [6, 6.07) is 11.1. The Morgan fingerprint density at radius 2 is 1.91 bits per heavy atom. The molecule has 7 nitrogen and oxygen atoms in total. The average molecular weight is 445 g/mol. The standard InChI is InChI=1S/C26H28N4O3/c1-5-6-20(12-24(31)32)30-22-11-18(13-27)7-8-21(22)29(26(30)33)15-19-14-28(4)23-10-16(2)9-17(3)25(19)23/h7-11,14,20H,5-6,12,15H2,1-4H3,(H,31,32). The molecule has 2 aromatic heterocycles. The lowest BCUT2D eigenvalue weighted by atomic mass is 10.0. The van der Waals surface area contributed by atoms with Gasteiger partial charge in [-0.1, -0.05) is 19.4 Å². The zero-order valence-electron chi connectivity index (χ0n) is 19.4. The van der Waals surface area contributed by atoms with Gasteiger partial charge in [0.1, 0.15) is 0 Å². The molecule has 7 heteroatoms. The number of carbonyl (C=O) groups is 1. The summed E-state index contributed by atoms with van der Waals surface area (Å²) in [4.78, 5) is 25.3. The van der Waals surface area contributed by atoms with E-state index >= 15 is 0 Å². The van der Waals surface area contributed by atoms with Gasteiger partial charge in [-0.25, -0.2) is 4.79 Å². The van der Waals surface area contributed by atoms with Crippen LogP contribution in [0.1, 0.15) is 54.5 Å². The lowest BCUT2D eigenvalue weighted by Gasteiger charge is -2.16. The van der Waals surface area contributed by atoms with Gasteiger partial charge in [-0.2, -0.15) is 5.26 Å². The van der Waals surface area contributed by atoms with E-state index in [0.717, 1.165) is 28.5 Å². The van der Waals surface area contributed by atoms with E-state index in [1.165, 1.54) is 5.56 Å². The van der Waals surface area contributed by atoms with Crippen molar-refractivity contribution in [3.8, 4) is 6.07 Å². The number of aliphatic carboxylic acids is 1. The molecule has 170 valence electrons. The van der Waals surface area contributed by atoms with Crippen molar-refractivity contribution in [3.05, 3.63) is 69.3 Å². The number of nitrogens with zero attached hydrogens (tertiary/aromatic N) is 4. The predicted molar refractivity (Wildman–Crippen MR) is 129 cm³/mol. The van der Waals surface area contributed by atoms with Gasteiger partial charge >= 0.3 is 11.7 Å². The average Bonchev–Trinajstić information content (AvgIpc) is 3.21. The van der Waals surface area contributed by atoms with Crippen LogP contribution in [0.3, 0.4) is 0 Å². The Bertz CT molecular complexity index is 1480. The maximum Gasteiger partial charge on any atom is 0.329 e. The molecule has 0 saturated carbocycles. The zero-order valence-corrected chi connectivity index (χ0v) is 19.4. The van der Waals surface area contributed by atoms with Crippen molar-refractivity contribution >= 4 is 27.9 Å². The molecule has 4 rings (SSSR count). The van der Waals surface area contributed by atoms with E-state index in [1.54, 1.807) is 27.3 Å². The van der Waals surface area contributed by atoms with Crippen molar-refractivity contribution in [1.29, 1.82) is 5.26 Å². The van der Waals surface area contributed by atoms with Crippen molar-refractivity contribution in [2.45, 2.75) is 52.6 Å². The van der Waals surface area contributed by atoms with E-state index in [4.69, 9.17) is 0 Å². The highest BCUT2D eigenvalue weighted by atomic mass is 16.4. The minimum atomic E-state index is -0.947. The largest absolute Gasteiger partial charge is 0.481 e. The van der Waals surface area contributed by atoms with Crippen LogP contribution in [0, 0.1) is 25.2 Å². The first kappa shape index (κ1) is 22.4. The Hall–Kier alpha value is -3.79.